The first kappa shape index (κ1) is 15.3. The molecular formula is C15H20N2O4. The fourth-order valence-corrected chi connectivity index (χ4v) is 2.22. The van der Waals surface area contributed by atoms with Crippen LogP contribution in [0, 0.1) is 0 Å². The fraction of sp³-hybridized carbons (Fsp3) is 0.533. The van der Waals surface area contributed by atoms with Gasteiger partial charge in [0, 0.05) is 18.7 Å². The van der Waals surface area contributed by atoms with Crippen LogP contribution in [0.2, 0.25) is 0 Å². The minimum Gasteiger partial charge on any atom is -0.472 e. The van der Waals surface area contributed by atoms with Crippen LogP contribution >= 0.6 is 0 Å². The minimum absolute atomic E-state index is 0.242. The molecule has 0 saturated carbocycles. The van der Waals surface area contributed by atoms with Gasteiger partial charge in [0.25, 0.3) is 0 Å². The number of rotatable bonds is 6. The van der Waals surface area contributed by atoms with Crippen molar-refractivity contribution in [1.82, 2.24) is 9.88 Å². The summed E-state index contributed by atoms with van der Waals surface area (Å²) in [5.41, 5.74) is 0. The van der Waals surface area contributed by atoms with E-state index in [0.29, 0.717) is 25.5 Å². The van der Waals surface area contributed by atoms with Crippen LogP contribution in [0.15, 0.2) is 24.4 Å². The van der Waals surface area contributed by atoms with Gasteiger partial charge in [-0.2, -0.15) is 0 Å². The summed E-state index contributed by atoms with van der Waals surface area (Å²) in [5.74, 6) is 0.494. The van der Waals surface area contributed by atoms with Gasteiger partial charge in [-0.3, -0.25) is 4.90 Å². The number of hydrogen-bond acceptors (Lipinski definition) is 5. The van der Waals surface area contributed by atoms with Crippen molar-refractivity contribution in [2.75, 3.05) is 13.2 Å². The van der Waals surface area contributed by atoms with Crippen molar-refractivity contribution in [1.29, 1.82) is 0 Å². The Hall–Kier alpha value is -2.11. The molecule has 1 amide bonds. The van der Waals surface area contributed by atoms with E-state index in [1.54, 1.807) is 18.3 Å². The van der Waals surface area contributed by atoms with Crippen molar-refractivity contribution >= 4 is 12.4 Å². The lowest BCUT2D eigenvalue weighted by molar-refractivity contribution is -0.111. The third-order valence-electron chi connectivity index (χ3n) is 3.35. The summed E-state index contributed by atoms with van der Waals surface area (Å²) in [7, 11) is 0. The van der Waals surface area contributed by atoms with Gasteiger partial charge in [-0.1, -0.05) is 19.4 Å². The van der Waals surface area contributed by atoms with Crippen molar-refractivity contribution in [3.05, 3.63) is 24.4 Å². The second-order valence-electron chi connectivity index (χ2n) is 4.97. The van der Waals surface area contributed by atoms with Crippen LogP contribution < -0.4 is 4.74 Å². The summed E-state index contributed by atoms with van der Waals surface area (Å²) in [4.78, 5) is 28.6. The van der Waals surface area contributed by atoms with E-state index < -0.39 is 12.1 Å². The summed E-state index contributed by atoms with van der Waals surface area (Å²) >= 11 is 0. The van der Waals surface area contributed by atoms with Crippen molar-refractivity contribution < 1.29 is 19.1 Å². The average molecular weight is 292 g/mol. The first-order valence-electron chi connectivity index (χ1n) is 7.21. The minimum atomic E-state index is -0.493. The molecule has 0 aliphatic carbocycles. The molecule has 0 N–H and O–H groups in total. The van der Waals surface area contributed by atoms with Gasteiger partial charge in [0.05, 0.1) is 19.2 Å². The zero-order valence-corrected chi connectivity index (χ0v) is 12.1. The first-order valence-corrected chi connectivity index (χ1v) is 7.21. The Morgan fingerprint density at radius 1 is 1.52 bits per heavy atom. The molecule has 114 valence electrons. The maximum atomic E-state index is 12.0. The van der Waals surface area contributed by atoms with Gasteiger partial charge in [-0.15, -0.1) is 0 Å². The molecule has 6 nitrogen and oxygen atoms in total. The van der Waals surface area contributed by atoms with E-state index in [1.807, 2.05) is 13.0 Å². The molecule has 1 fully saturated rings. The molecule has 1 aromatic rings. The number of pyridine rings is 1. The van der Waals surface area contributed by atoms with Gasteiger partial charge in [-0.05, 0) is 12.5 Å². The smallest absolute Gasteiger partial charge is 0.410 e. The quantitative estimate of drug-likeness (QED) is 0.593. The monoisotopic (exact) mass is 292 g/mol. The predicted octanol–water partition coefficient (Wildman–Crippen LogP) is 2.04. The molecule has 0 spiro atoms. The molecule has 0 aromatic carbocycles. The molecule has 1 aliphatic heterocycles. The molecule has 1 aliphatic rings. The summed E-state index contributed by atoms with van der Waals surface area (Å²) in [5, 5.41) is 0. The Bertz CT molecular complexity index is 466. The van der Waals surface area contributed by atoms with Gasteiger partial charge >= 0.3 is 6.09 Å². The van der Waals surface area contributed by atoms with E-state index in [2.05, 4.69) is 4.98 Å². The van der Waals surface area contributed by atoms with Crippen LogP contribution in [-0.4, -0.2) is 47.6 Å². The van der Waals surface area contributed by atoms with Gasteiger partial charge in [-0.25, -0.2) is 9.78 Å². The van der Waals surface area contributed by atoms with E-state index in [4.69, 9.17) is 9.47 Å². The average Bonchev–Trinajstić information content (AvgIpc) is 2.91. The van der Waals surface area contributed by atoms with Gasteiger partial charge in [0.2, 0.25) is 5.88 Å². The highest BCUT2D eigenvalue weighted by molar-refractivity contribution is 5.74. The summed E-state index contributed by atoms with van der Waals surface area (Å²) in [6.07, 6.45) is 3.94. The molecule has 6 heteroatoms. The Labute approximate surface area is 124 Å². The second-order valence-corrected chi connectivity index (χ2v) is 4.97. The van der Waals surface area contributed by atoms with Crippen LogP contribution in [0.3, 0.4) is 0 Å². The zero-order chi connectivity index (χ0) is 15.1. The second kappa shape index (κ2) is 7.61. The van der Waals surface area contributed by atoms with Gasteiger partial charge < -0.3 is 14.3 Å². The highest BCUT2D eigenvalue weighted by atomic mass is 16.6. The lowest BCUT2D eigenvalue weighted by atomic mass is 10.2. The molecule has 0 radical (unpaired) electrons. The first-order chi connectivity index (χ1) is 10.2. The molecular weight excluding hydrogens is 272 g/mol. The molecule has 0 unspecified atom stereocenters. The third-order valence-corrected chi connectivity index (χ3v) is 3.35. The summed E-state index contributed by atoms with van der Waals surface area (Å²) in [6.45, 7) is 2.74. The normalized spacial score (nSPS) is 21.1. The molecule has 1 saturated heterocycles. The number of unbranched alkanes of at least 4 members (excludes halogenated alkanes) is 1. The van der Waals surface area contributed by atoms with Gasteiger partial charge in [0.15, 0.2) is 0 Å². The predicted molar refractivity (Wildman–Crippen MR) is 76.1 cm³/mol. The van der Waals surface area contributed by atoms with Crippen molar-refractivity contribution in [2.45, 2.75) is 38.3 Å². The maximum Gasteiger partial charge on any atom is 0.410 e. The Morgan fingerprint density at radius 3 is 3.05 bits per heavy atom. The summed E-state index contributed by atoms with van der Waals surface area (Å²) < 4.78 is 10.8. The number of amides is 1. The zero-order valence-electron chi connectivity index (χ0n) is 12.1. The fourth-order valence-electron chi connectivity index (χ4n) is 2.22. The van der Waals surface area contributed by atoms with Crippen molar-refractivity contribution in [3.8, 4) is 5.88 Å². The van der Waals surface area contributed by atoms with E-state index >= 15 is 0 Å². The molecule has 21 heavy (non-hydrogen) atoms. The van der Waals surface area contributed by atoms with Gasteiger partial charge in [0.1, 0.15) is 12.4 Å². The molecule has 0 bridgehead atoms. The summed E-state index contributed by atoms with van der Waals surface area (Å²) in [6, 6.07) is 4.88. The lowest BCUT2D eigenvalue weighted by Gasteiger charge is -2.19. The number of nitrogens with zero attached hydrogens (tertiary/aromatic N) is 2. The topological polar surface area (TPSA) is 68.7 Å². The number of carbonyl (C=O) groups is 2. The third kappa shape index (κ3) is 4.18. The van der Waals surface area contributed by atoms with E-state index in [-0.39, 0.29) is 6.10 Å². The van der Waals surface area contributed by atoms with Crippen LogP contribution in [0.25, 0.3) is 0 Å². The standard InChI is InChI=1S/C15H20N2O4/c1-2-3-8-20-15(19)17-10-13(9-12(17)11-18)21-14-6-4-5-7-16-14/h4-7,11-13H,2-3,8-10H2,1H3/t12-,13+/m1/s1. The Morgan fingerprint density at radius 2 is 2.38 bits per heavy atom. The van der Waals surface area contributed by atoms with Crippen LogP contribution in [0.5, 0.6) is 5.88 Å². The number of ether oxygens (including phenoxy) is 2. The molecule has 1 aromatic heterocycles. The largest absolute Gasteiger partial charge is 0.472 e. The molecule has 2 atom stereocenters. The van der Waals surface area contributed by atoms with Crippen molar-refractivity contribution in [2.24, 2.45) is 0 Å². The van der Waals surface area contributed by atoms with Crippen molar-refractivity contribution in [3.63, 3.8) is 0 Å². The lowest BCUT2D eigenvalue weighted by Crippen LogP contribution is -2.37. The number of carbonyl (C=O) groups excluding carboxylic acids is 2. The number of hydrogen-bond donors (Lipinski definition) is 0. The number of aromatic nitrogens is 1. The molecule has 2 rings (SSSR count). The highest BCUT2D eigenvalue weighted by Crippen LogP contribution is 2.21. The van der Waals surface area contributed by atoms with E-state index in [1.165, 1.54) is 4.90 Å². The van der Waals surface area contributed by atoms with E-state index in [0.717, 1.165) is 19.1 Å². The highest BCUT2D eigenvalue weighted by Gasteiger charge is 2.37. The van der Waals surface area contributed by atoms with Crippen LogP contribution in [0.1, 0.15) is 26.2 Å². The number of aldehydes is 1. The maximum absolute atomic E-state index is 12.0. The van der Waals surface area contributed by atoms with Crippen LogP contribution in [0.4, 0.5) is 4.79 Å². The Balaban J connectivity index is 1.90. The van der Waals surface area contributed by atoms with Crippen LogP contribution in [-0.2, 0) is 9.53 Å². The Kier molecular flexibility index (Phi) is 5.54. The molecule has 2 heterocycles. The van der Waals surface area contributed by atoms with E-state index in [9.17, 15) is 9.59 Å². The SMILES string of the molecule is CCCCOC(=O)N1C[C@@H](Oc2ccccn2)C[C@@H]1C=O. The number of likely N-dealkylation sites (tertiary alicyclic amines) is 1.